The highest BCUT2D eigenvalue weighted by molar-refractivity contribution is 5.79. The molecule has 2 N–H and O–H groups in total. The number of ether oxygens (including phenoxy) is 1. The third-order valence-electron chi connectivity index (χ3n) is 2.52. The van der Waals surface area contributed by atoms with Crippen molar-refractivity contribution >= 4 is 5.97 Å². The van der Waals surface area contributed by atoms with E-state index in [0.717, 1.165) is 19.3 Å². The summed E-state index contributed by atoms with van der Waals surface area (Å²) < 4.78 is 5.21. The summed E-state index contributed by atoms with van der Waals surface area (Å²) in [5.74, 6) is 0.156. The van der Waals surface area contributed by atoms with E-state index in [1.807, 2.05) is 6.92 Å². The second-order valence-electron chi connectivity index (χ2n) is 4.66. The van der Waals surface area contributed by atoms with Gasteiger partial charge >= 0.3 is 5.97 Å². The molecule has 2 unspecified atom stereocenters. The number of hydrogen-bond acceptors (Lipinski definition) is 3. The third kappa shape index (κ3) is 5.78. The van der Waals surface area contributed by atoms with Crippen LogP contribution in [0.1, 0.15) is 53.4 Å². The van der Waals surface area contributed by atoms with Gasteiger partial charge in [0.2, 0.25) is 0 Å². The van der Waals surface area contributed by atoms with Gasteiger partial charge in [-0.2, -0.15) is 0 Å². The summed E-state index contributed by atoms with van der Waals surface area (Å²) in [5.41, 5.74) is 5.04. The Kier molecular flexibility index (Phi) is 6.57. The van der Waals surface area contributed by atoms with Crippen molar-refractivity contribution in [1.29, 1.82) is 0 Å². The Morgan fingerprint density at radius 3 is 2.47 bits per heavy atom. The van der Waals surface area contributed by atoms with Gasteiger partial charge in [0.15, 0.2) is 0 Å². The Morgan fingerprint density at radius 1 is 1.40 bits per heavy atom. The Bertz CT molecular complexity index is 190. The van der Waals surface area contributed by atoms with Crippen LogP contribution in [0.5, 0.6) is 0 Å². The Labute approximate surface area is 93.4 Å². The van der Waals surface area contributed by atoms with Crippen LogP contribution in [0, 0.1) is 5.92 Å². The topological polar surface area (TPSA) is 52.3 Å². The van der Waals surface area contributed by atoms with Gasteiger partial charge < -0.3 is 10.5 Å². The smallest absolute Gasteiger partial charge is 0.325 e. The summed E-state index contributed by atoms with van der Waals surface area (Å²) in [6.07, 6.45) is 3.77. The van der Waals surface area contributed by atoms with Gasteiger partial charge in [0, 0.05) is 0 Å². The van der Waals surface area contributed by atoms with E-state index in [2.05, 4.69) is 13.8 Å². The highest BCUT2D eigenvalue weighted by Gasteiger charge is 2.29. The van der Waals surface area contributed by atoms with Crippen LogP contribution in [0.2, 0.25) is 0 Å². The first-order chi connectivity index (χ1) is 6.94. The minimum atomic E-state index is -0.819. The molecule has 0 aliphatic heterocycles. The van der Waals surface area contributed by atoms with E-state index in [0.29, 0.717) is 18.9 Å². The first kappa shape index (κ1) is 14.4. The minimum Gasteiger partial charge on any atom is -0.464 e. The van der Waals surface area contributed by atoms with E-state index in [1.165, 1.54) is 0 Å². The van der Waals surface area contributed by atoms with Gasteiger partial charge in [-0.1, -0.05) is 33.6 Å². The molecule has 0 aromatic rings. The quantitative estimate of drug-likeness (QED) is 0.664. The molecular formula is C12H25NO2. The molecule has 0 spiro atoms. The number of rotatable bonds is 7. The first-order valence-electron chi connectivity index (χ1n) is 5.90. The van der Waals surface area contributed by atoms with Crippen molar-refractivity contribution in [2.75, 3.05) is 6.61 Å². The fourth-order valence-electron chi connectivity index (χ4n) is 1.58. The lowest BCUT2D eigenvalue weighted by Crippen LogP contribution is -2.46. The van der Waals surface area contributed by atoms with E-state index in [4.69, 9.17) is 10.5 Å². The predicted octanol–water partition coefficient (Wildman–Crippen LogP) is 2.48. The fraction of sp³-hybridized carbons (Fsp3) is 0.917. The van der Waals surface area contributed by atoms with Crippen molar-refractivity contribution in [3.05, 3.63) is 0 Å². The molecule has 0 aliphatic carbocycles. The highest BCUT2D eigenvalue weighted by Crippen LogP contribution is 2.12. The molecular weight excluding hydrogens is 190 g/mol. The SMILES string of the molecule is CCCC(C)COC(=O)C(C)(N)CCC. The summed E-state index contributed by atoms with van der Waals surface area (Å²) in [7, 11) is 0. The predicted molar refractivity (Wildman–Crippen MR) is 62.5 cm³/mol. The van der Waals surface area contributed by atoms with Crippen molar-refractivity contribution < 1.29 is 9.53 Å². The van der Waals surface area contributed by atoms with Gasteiger partial charge in [-0.3, -0.25) is 4.79 Å². The number of carbonyl (C=O) groups is 1. The molecule has 0 bridgehead atoms. The summed E-state index contributed by atoms with van der Waals surface area (Å²) in [6.45, 7) is 8.46. The van der Waals surface area contributed by atoms with Crippen LogP contribution in [-0.4, -0.2) is 18.1 Å². The number of esters is 1. The van der Waals surface area contributed by atoms with E-state index in [9.17, 15) is 4.79 Å². The van der Waals surface area contributed by atoms with Crippen molar-refractivity contribution in [2.24, 2.45) is 11.7 Å². The van der Waals surface area contributed by atoms with E-state index in [-0.39, 0.29) is 5.97 Å². The molecule has 0 saturated heterocycles. The molecule has 2 atom stereocenters. The lowest BCUT2D eigenvalue weighted by Gasteiger charge is -2.22. The molecule has 15 heavy (non-hydrogen) atoms. The zero-order valence-corrected chi connectivity index (χ0v) is 10.5. The Balaban J connectivity index is 3.92. The second-order valence-corrected chi connectivity index (χ2v) is 4.66. The Morgan fingerprint density at radius 2 is 2.00 bits per heavy atom. The number of carbonyl (C=O) groups excluding carboxylic acids is 1. The monoisotopic (exact) mass is 215 g/mol. The van der Waals surface area contributed by atoms with Crippen LogP contribution in [-0.2, 0) is 9.53 Å². The first-order valence-corrected chi connectivity index (χ1v) is 5.90. The molecule has 0 rings (SSSR count). The summed E-state index contributed by atoms with van der Waals surface area (Å²) in [5, 5.41) is 0. The molecule has 0 radical (unpaired) electrons. The van der Waals surface area contributed by atoms with Crippen LogP contribution >= 0.6 is 0 Å². The molecule has 0 amide bonds. The summed E-state index contributed by atoms with van der Waals surface area (Å²) in [6, 6.07) is 0. The molecule has 0 aromatic heterocycles. The normalized spacial score (nSPS) is 16.9. The Hall–Kier alpha value is -0.570. The average Bonchev–Trinajstić information content (AvgIpc) is 2.14. The van der Waals surface area contributed by atoms with Crippen LogP contribution < -0.4 is 5.73 Å². The van der Waals surface area contributed by atoms with Gasteiger partial charge in [-0.25, -0.2) is 0 Å². The van der Waals surface area contributed by atoms with Crippen molar-refractivity contribution in [2.45, 2.75) is 58.9 Å². The standard InChI is InChI=1S/C12H25NO2/c1-5-7-10(3)9-15-11(14)12(4,13)8-6-2/h10H,5-9,13H2,1-4H3. The van der Waals surface area contributed by atoms with Gasteiger partial charge in [-0.05, 0) is 25.7 Å². The maximum atomic E-state index is 11.6. The summed E-state index contributed by atoms with van der Waals surface area (Å²) in [4.78, 5) is 11.6. The molecule has 0 fully saturated rings. The van der Waals surface area contributed by atoms with Crippen LogP contribution in [0.3, 0.4) is 0 Å². The van der Waals surface area contributed by atoms with Crippen molar-refractivity contribution in [3.8, 4) is 0 Å². The van der Waals surface area contributed by atoms with Crippen molar-refractivity contribution in [1.82, 2.24) is 0 Å². The van der Waals surface area contributed by atoms with E-state index in [1.54, 1.807) is 6.92 Å². The largest absolute Gasteiger partial charge is 0.464 e. The molecule has 0 heterocycles. The van der Waals surface area contributed by atoms with E-state index >= 15 is 0 Å². The molecule has 0 aromatic carbocycles. The fourth-order valence-corrected chi connectivity index (χ4v) is 1.58. The summed E-state index contributed by atoms with van der Waals surface area (Å²) >= 11 is 0. The number of hydrogen-bond donors (Lipinski definition) is 1. The maximum Gasteiger partial charge on any atom is 0.325 e. The van der Waals surface area contributed by atoms with Crippen LogP contribution in [0.25, 0.3) is 0 Å². The zero-order chi connectivity index (χ0) is 11.9. The lowest BCUT2D eigenvalue weighted by molar-refractivity contribution is -0.151. The third-order valence-corrected chi connectivity index (χ3v) is 2.52. The lowest BCUT2D eigenvalue weighted by atomic mass is 9.98. The van der Waals surface area contributed by atoms with Gasteiger partial charge in [0.1, 0.15) is 5.54 Å². The molecule has 0 saturated carbocycles. The average molecular weight is 215 g/mol. The second kappa shape index (κ2) is 6.83. The minimum absolute atomic E-state index is 0.271. The molecule has 3 nitrogen and oxygen atoms in total. The van der Waals surface area contributed by atoms with Gasteiger partial charge in [0.25, 0.3) is 0 Å². The van der Waals surface area contributed by atoms with E-state index < -0.39 is 5.54 Å². The van der Waals surface area contributed by atoms with Crippen molar-refractivity contribution in [3.63, 3.8) is 0 Å². The highest BCUT2D eigenvalue weighted by atomic mass is 16.5. The number of nitrogens with two attached hydrogens (primary N) is 1. The van der Waals surface area contributed by atoms with Crippen LogP contribution in [0.4, 0.5) is 0 Å². The zero-order valence-electron chi connectivity index (χ0n) is 10.5. The molecule has 3 heteroatoms. The van der Waals surface area contributed by atoms with Crippen LogP contribution in [0.15, 0.2) is 0 Å². The molecule has 90 valence electrons. The molecule has 0 aliphatic rings. The maximum absolute atomic E-state index is 11.6. The van der Waals surface area contributed by atoms with Gasteiger partial charge in [-0.15, -0.1) is 0 Å². The van der Waals surface area contributed by atoms with Gasteiger partial charge in [0.05, 0.1) is 6.61 Å².